The molecule has 76 valence electrons. The lowest BCUT2D eigenvalue weighted by Gasteiger charge is -2.17. The van der Waals surface area contributed by atoms with E-state index in [1.54, 1.807) is 6.26 Å². The van der Waals surface area contributed by atoms with Gasteiger partial charge in [0.1, 0.15) is 6.26 Å². The van der Waals surface area contributed by atoms with Crippen molar-refractivity contribution in [1.29, 1.82) is 0 Å². The zero-order valence-electron chi connectivity index (χ0n) is 8.70. The Bertz CT molecular complexity index is 308. The Morgan fingerprint density at radius 2 is 2.14 bits per heavy atom. The van der Waals surface area contributed by atoms with E-state index in [1.165, 1.54) is 32.1 Å². The van der Waals surface area contributed by atoms with Crippen LogP contribution in [0.2, 0.25) is 0 Å². The number of hydrogen-bond donors (Lipinski definition) is 0. The van der Waals surface area contributed by atoms with Crippen LogP contribution in [0.5, 0.6) is 0 Å². The van der Waals surface area contributed by atoms with E-state index in [-0.39, 0.29) is 0 Å². The first-order chi connectivity index (χ1) is 6.84. The SMILES string of the molecule is Cc1coc(C=CC2CCCCC2)n1. The molecule has 1 fully saturated rings. The van der Waals surface area contributed by atoms with Gasteiger partial charge in [0.25, 0.3) is 0 Å². The number of aryl methyl sites for hydroxylation is 1. The summed E-state index contributed by atoms with van der Waals surface area (Å²) in [5.41, 5.74) is 0.952. The fourth-order valence-corrected chi connectivity index (χ4v) is 1.99. The van der Waals surface area contributed by atoms with Crippen LogP contribution in [-0.4, -0.2) is 4.98 Å². The van der Waals surface area contributed by atoms with Crippen molar-refractivity contribution in [3.05, 3.63) is 23.9 Å². The molecular formula is C12H17NO. The highest BCUT2D eigenvalue weighted by atomic mass is 16.3. The lowest BCUT2D eigenvalue weighted by atomic mass is 9.89. The fraction of sp³-hybridized carbons (Fsp3) is 0.583. The lowest BCUT2D eigenvalue weighted by molar-refractivity contribution is 0.420. The standard InChI is InChI=1S/C12H17NO/c1-10-9-14-12(13-10)8-7-11-5-3-2-4-6-11/h7-9,11H,2-6H2,1H3. The molecule has 0 spiro atoms. The summed E-state index contributed by atoms with van der Waals surface area (Å²) in [6, 6.07) is 0. The molecule has 1 aromatic heterocycles. The van der Waals surface area contributed by atoms with Crippen molar-refractivity contribution >= 4 is 6.08 Å². The lowest BCUT2D eigenvalue weighted by Crippen LogP contribution is -2.02. The van der Waals surface area contributed by atoms with Crippen LogP contribution in [0.3, 0.4) is 0 Å². The first-order valence-electron chi connectivity index (χ1n) is 5.45. The van der Waals surface area contributed by atoms with Gasteiger partial charge in [-0.05, 0) is 31.8 Å². The van der Waals surface area contributed by atoms with E-state index in [2.05, 4.69) is 11.1 Å². The number of nitrogens with zero attached hydrogens (tertiary/aromatic N) is 1. The predicted molar refractivity (Wildman–Crippen MR) is 56.8 cm³/mol. The van der Waals surface area contributed by atoms with Gasteiger partial charge in [0, 0.05) is 0 Å². The van der Waals surface area contributed by atoms with E-state index in [4.69, 9.17) is 4.42 Å². The Morgan fingerprint density at radius 1 is 1.36 bits per heavy atom. The number of rotatable bonds is 2. The molecule has 0 aliphatic heterocycles. The molecule has 2 nitrogen and oxygen atoms in total. The average Bonchev–Trinajstić information content (AvgIpc) is 2.63. The van der Waals surface area contributed by atoms with Gasteiger partial charge in [-0.25, -0.2) is 4.98 Å². The second-order valence-corrected chi connectivity index (χ2v) is 4.08. The van der Waals surface area contributed by atoms with Crippen molar-refractivity contribution < 1.29 is 4.42 Å². The van der Waals surface area contributed by atoms with Gasteiger partial charge in [-0.1, -0.05) is 25.3 Å². The molecule has 1 heterocycles. The Hall–Kier alpha value is -1.05. The largest absolute Gasteiger partial charge is 0.445 e. The minimum absolute atomic E-state index is 0.744. The molecule has 1 aliphatic carbocycles. The Morgan fingerprint density at radius 3 is 2.79 bits per heavy atom. The summed E-state index contributed by atoms with van der Waals surface area (Å²) in [5.74, 6) is 1.49. The van der Waals surface area contributed by atoms with E-state index in [9.17, 15) is 0 Å². The normalized spacial score (nSPS) is 19.2. The van der Waals surface area contributed by atoms with E-state index >= 15 is 0 Å². The third-order valence-corrected chi connectivity index (χ3v) is 2.80. The summed E-state index contributed by atoms with van der Waals surface area (Å²) in [5, 5.41) is 0. The molecule has 14 heavy (non-hydrogen) atoms. The zero-order chi connectivity index (χ0) is 9.80. The molecule has 1 aliphatic rings. The van der Waals surface area contributed by atoms with Crippen molar-refractivity contribution in [2.45, 2.75) is 39.0 Å². The maximum atomic E-state index is 5.26. The van der Waals surface area contributed by atoms with Crippen molar-refractivity contribution in [3.63, 3.8) is 0 Å². The van der Waals surface area contributed by atoms with Crippen LogP contribution in [0.25, 0.3) is 6.08 Å². The second kappa shape index (κ2) is 4.45. The molecule has 0 saturated heterocycles. The minimum atomic E-state index is 0.744. The molecule has 1 saturated carbocycles. The Kier molecular flexibility index (Phi) is 3.02. The fourth-order valence-electron chi connectivity index (χ4n) is 1.99. The summed E-state index contributed by atoms with van der Waals surface area (Å²) < 4.78 is 5.26. The number of oxazole rings is 1. The number of aromatic nitrogens is 1. The third-order valence-electron chi connectivity index (χ3n) is 2.80. The van der Waals surface area contributed by atoms with Crippen LogP contribution in [0.1, 0.15) is 43.7 Å². The molecule has 1 aromatic rings. The summed E-state index contributed by atoms with van der Waals surface area (Å²) in [6.45, 7) is 1.95. The highest BCUT2D eigenvalue weighted by molar-refractivity contribution is 5.38. The van der Waals surface area contributed by atoms with Crippen LogP contribution in [0, 0.1) is 12.8 Å². The van der Waals surface area contributed by atoms with Gasteiger partial charge in [-0.15, -0.1) is 0 Å². The van der Waals surface area contributed by atoms with Crippen molar-refractivity contribution in [2.75, 3.05) is 0 Å². The van der Waals surface area contributed by atoms with Crippen LogP contribution >= 0.6 is 0 Å². The highest BCUT2D eigenvalue weighted by Gasteiger charge is 2.09. The summed E-state index contributed by atoms with van der Waals surface area (Å²) in [7, 11) is 0. The molecule has 0 N–H and O–H groups in total. The summed E-state index contributed by atoms with van der Waals surface area (Å²) >= 11 is 0. The van der Waals surface area contributed by atoms with Crippen LogP contribution in [0.15, 0.2) is 16.8 Å². The van der Waals surface area contributed by atoms with Crippen molar-refractivity contribution in [2.24, 2.45) is 5.92 Å². The Labute approximate surface area is 85.0 Å². The first-order valence-corrected chi connectivity index (χ1v) is 5.45. The molecule has 2 heteroatoms. The number of allylic oxidation sites excluding steroid dienone is 1. The van der Waals surface area contributed by atoms with E-state index in [0.29, 0.717) is 0 Å². The van der Waals surface area contributed by atoms with E-state index < -0.39 is 0 Å². The Balaban J connectivity index is 1.92. The van der Waals surface area contributed by atoms with E-state index in [1.807, 2.05) is 13.0 Å². The minimum Gasteiger partial charge on any atom is -0.445 e. The van der Waals surface area contributed by atoms with Crippen LogP contribution in [-0.2, 0) is 0 Å². The summed E-state index contributed by atoms with van der Waals surface area (Å²) in [6.07, 6.45) is 12.8. The molecule has 0 radical (unpaired) electrons. The van der Waals surface area contributed by atoms with Gasteiger partial charge in [0.05, 0.1) is 5.69 Å². The third kappa shape index (κ3) is 2.47. The van der Waals surface area contributed by atoms with Gasteiger partial charge in [-0.3, -0.25) is 0 Å². The quantitative estimate of drug-likeness (QED) is 0.714. The maximum Gasteiger partial charge on any atom is 0.218 e. The molecule has 2 rings (SSSR count). The second-order valence-electron chi connectivity index (χ2n) is 4.08. The molecule has 0 bridgehead atoms. The maximum absolute atomic E-state index is 5.26. The summed E-state index contributed by atoms with van der Waals surface area (Å²) in [4.78, 5) is 4.24. The molecule has 0 amide bonds. The first kappa shape index (κ1) is 9.50. The molecular weight excluding hydrogens is 174 g/mol. The topological polar surface area (TPSA) is 26.0 Å². The van der Waals surface area contributed by atoms with Gasteiger partial charge < -0.3 is 4.42 Å². The van der Waals surface area contributed by atoms with Crippen molar-refractivity contribution in [1.82, 2.24) is 4.98 Å². The van der Waals surface area contributed by atoms with E-state index in [0.717, 1.165) is 17.5 Å². The zero-order valence-corrected chi connectivity index (χ0v) is 8.70. The molecule has 0 unspecified atom stereocenters. The predicted octanol–water partition coefficient (Wildman–Crippen LogP) is 3.58. The van der Waals surface area contributed by atoms with Crippen LogP contribution < -0.4 is 0 Å². The van der Waals surface area contributed by atoms with Gasteiger partial charge in [0.2, 0.25) is 5.89 Å². The monoisotopic (exact) mass is 191 g/mol. The van der Waals surface area contributed by atoms with Gasteiger partial charge >= 0.3 is 0 Å². The van der Waals surface area contributed by atoms with Crippen LogP contribution in [0.4, 0.5) is 0 Å². The van der Waals surface area contributed by atoms with Gasteiger partial charge in [0.15, 0.2) is 0 Å². The number of hydrogen-bond acceptors (Lipinski definition) is 2. The van der Waals surface area contributed by atoms with Gasteiger partial charge in [-0.2, -0.15) is 0 Å². The molecule has 0 aromatic carbocycles. The van der Waals surface area contributed by atoms with Crippen molar-refractivity contribution in [3.8, 4) is 0 Å². The highest BCUT2D eigenvalue weighted by Crippen LogP contribution is 2.25. The smallest absolute Gasteiger partial charge is 0.218 e. The average molecular weight is 191 g/mol. The molecule has 0 atom stereocenters.